The second-order valence-corrected chi connectivity index (χ2v) is 6.19. The zero-order valence-electron chi connectivity index (χ0n) is 11.7. The molecular weight excluding hydrogens is 284 g/mol. The number of thioether (sulfide) groups is 2. The van der Waals surface area contributed by atoms with Gasteiger partial charge >= 0.3 is 5.97 Å². The van der Waals surface area contributed by atoms with Crippen LogP contribution in [0.1, 0.15) is 13.3 Å². The van der Waals surface area contributed by atoms with Gasteiger partial charge in [0, 0.05) is 20.1 Å². The van der Waals surface area contributed by atoms with Crippen molar-refractivity contribution in [2.24, 2.45) is 7.05 Å². The molecule has 0 amide bonds. The molecule has 0 aliphatic carbocycles. The van der Waals surface area contributed by atoms with Crippen LogP contribution in [0.3, 0.4) is 0 Å². The third kappa shape index (κ3) is 4.61. The Kier molecular flexibility index (Phi) is 6.50. The van der Waals surface area contributed by atoms with Gasteiger partial charge in [-0.2, -0.15) is 11.8 Å². The van der Waals surface area contributed by atoms with Crippen LogP contribution in [-0.4, -0.2) is 56.7 Å². The zero-order chi connectivity index (χ0) is 14.4. The summed E-state index contributed by atoms with van der Waals surface area (Å²) in [4.78, 5) is 12.6. The van der Waals surface area contributed by atoms with E-state index in [1.54, 1.807) is 0 Å². The summed E-state index contributed by atoms with van der Waals surface area (Å²) in [7, 11) is 3.85. The number of aliphatic carboxylic acids is 1. The zero-order valence-corrected chi connectivity index (χ0v) is 13.3. The van der Waals surface area contributed by atoms with Crippen LogP contribution in [-0.2, 0) is 11.8 Å². The van der Waals surface area contributed by atoms with Crippen LogP contribution in [0.5, 0.6) is 0 Å². The fourth-order valence-electron chi connectivity index (χ4n) is 1.55. The monoisotopic (exact) mass is 304 g/mol. The van der Waals surface area contributed by atoms with E-state index in [4.69, 9.17) is 5.11 Å². The van der Waals surface area contributed by atoms with Crippen molar-refractivity contribution in [1.82, 2.24) is 14.8 Å². The van der Waals surface area contributed by atoms with Crippen LogP contribution in [0, 0.1) is 0 Å². The molecule has 0 aliphatic rings. The van der Waals surface area contributed by atoms with Gasteiger partial charge < -0.3 is 10.0 Å². The van der Waals surface area contributed by atoms with Crippen LogP contribution in [0.15, 0.2) is 5.16 Å². The molecule has 1 N–H and O–H groups in total. The first-order chi connectivity index (χ1) is 8.97. The van der Waals surface area contributed by atoms with Crippen molar-refractivity contribution in [3.63, 3.8) is 0 Å². The van der Waals surface area contributed by atoms with Crippen molar-refractivity contribution in [3.8, 4) is 0 Å². The van der Waals surface area contributed by atoms with E-state index in [0.717, 1.165) is 18.1 Å². The molecule has 0 radical (unpaired) electrons. The molecule has 1 rings (SSSR count). The third-order valence-electron chi connectivity index (χ3n) is 2.85. The number of carboxylic acids is 1. The predicted molar refractivity (Wildman–Crippen MR) is 80.2 cm³/mol. The summed E-state index contributed by atoms with van der Waals surface area (Å²) in [6, 6.07) is 0.368. The first-order valence-electron chi connectivity index (χ1n) is 5.93. The molecule has 1 unspecified atom stereocenters. The van der Waals surface area contributed by atoms with Gasteiger partial charge in [0.05, 0.1) is 5.75 Å². The number of aromatic nitrogens is 3. The van der Waals surface area contributed by atoms with Crippen LogP contribution in [0.2, 0.25) is 0 Å². The van der Waals surface area contributed by atoms with Crippen molar-refractivity contribution in [3.05, 3.63) is 0 Å². The van der Waals surface area contributed by atoms with E-state index >= 15 is 0 Å². The van der Waals surface area contributed by atoms with E-state index in [1.807, 2.05) is 30.4 Å². The van der Waals surface area contributed by atoms with Gasteiger partial charge in [0.25, 0.3) is 0 Å². The smallest absolute Gasteiger partial charge is 0.313 e. The summed E-state index contributed by atoms with van der Waals surface area (Å²) in [5.74, 6) is 1.01. The fraction of sp³-hybridized carbons (Fsp3) is 0.727. The maximum atomic E-state index is 10.6. The molecule has 0 saturated carbocycles. The average Bonchev–Trinajstić information content (AvgIpc) is 2.73. The minimum absolute atomic E-state index is 0.00227. The normalized spacial score (nSPS) is 12.4. The fourth-order valence-corrected chi connectivity index (χ4v) is 2.75. The summed E-state index contributed by atoms with van der Waals surface area (Å²) in [5, 5.41) is 17.5. The molecule has 1 heterocycles. The molecule has 0 fully saturated rings. The van der Waals surface area contributed by atoms with Crippen molar-refractivity contribution < 1.29 is 9.90 Å². The standard InChI is InChI=1S/C11H20N4O2S2/c1-8(5-6-18-4)14(2)10-12-13-11(15(10)3)19-7-9(16)17/h8H,5-7H2,1-4H3,(H,16,17). The predicted octanol–water partition coefficient (Wildman–Crippen LogP) is 1.57. The van der Waals surface area contributed by atoms with E-state index in [-0.39, 0.29) is 5.75 Å². The molecule has 6 nitrogen and oxygen atoms in total. The van der Waals surface area contributed by atoms with E-state index in [2.05, 4.69) is 28.3 Å². The highest BCUT2D eigenvalue weighted by Gasteiger charge is 2.17. The van der Waals surface area contributed by atoms with Crippen LogP contribution < -0.4 is 4.90 Å². The Hall–Kier alpha value is -0.890. The van der Waals surface area contributed by atoms with Gasteiger partial charge in [-0.15, -0.1) is 10.2 Å². The summed E-state index contributed by atoms with van der Waals surface area (Å²) in [6.07, 6.45) is 3.16. The number of carbonyl (C=O) groups is 1. The minimum Gasteiger partial charge on any atom is -0.481 e. The van der Waals surface area contributed by atoms with Gasteiger partial charge in [-0.3, -0.25) is 9.36 Å². The second kappa shape index (κ2) is 7.64. The molecule has 0 saturated heterocycles. The Morgan fingerprint density at radius 1 is 1.53 bits per heavy atom. The highest BCUT2D eigenvalue weighted by Crippen LogP contribution is 2.21. The Morgan fingerprint density at radius 3 is 2.79 bits per heavy atom. The number of hydrogen-bond donors (Lipinski definition) is 1. The lowest BCUT2D eigenvalue weighted by Crippen LogP contribution is -2.31. The number of anilines is 1. The molecule has 1 aromatic heterocycles. The van der Waals surface area contributed by atoms with E-state index < -0.39 is 5.97 Å². The number of hydrogen-bond acceptors (Lipinski definition) is 6. The van der Waals surface area contributed by atoms with Crippen molar-refractivity contribution in [2.75, 3.05) is 29.7 Å². The summed E-state index contributed by atoms with van der Waals surface area (Å²) >= 11 is 3.01. The lowest BCUT2D eigenvalue weighted by atomic mass is 10.2. The number of carboxylic acid groups (broad SMARTS) is 1. The summed E-state index contributed by atoms with van der Waals surface area (Å²) < 4.78 is 1.84. The van der Waals surface area contributed by atoms with E-state index in [1.165, 1.54) is 11.8 Å². The van der Waals surface area contributed by atoms with E-state index in [9.17, 15) is 4.79 Å². The van der Waals surface area contributed by atoms with Crippen LogP contribution >= 0.6 is 23.5 Å². The van der Waals surface area contributed by atoms with Crippen LogP contribution in [0.4, 0.5) is 5.95 Å². The Morgan fingerprint density at radius 2 is 2.21 bits per heavy atom. The Bertz CT molecular complexity index is 425. The Balaban J connectivity index is 2.70. The largest absolute Gasteiger partial charge is 0.481 e. The van der Waals surface area contributed by atoms with Crippen LogP contribution in [0.25, 0.3) is 0 Å². The molecular formula is C11H20N4O2S2. The van der Waals surface area contributed by atoms with Crippen molar-refractivity contribution in [1.29, 1.82) is 0 Å². The molecule has 8 heteroatoms. The van der Waals surface area contributed by atoms with Gasteiger partial charge in [-0.1, -0.05) is 11.8 Å². The van der Waals surface area contributed by atoms with Gasteiger partial charge in [0.1, 0.15) is 0 Å². The maximum Gasteiger partial charge on any atom is 0.313 e. The SMILES string of the molecule is CSCCC(C)N(C)c1nnc(SCC(=O)O)n1C. The van der Waals surface area contributed by atoms with Gasteiger partial charge in [0.2, 0.25) is 5.95 Å². The molecule has 0 aliphatic heterocycles. The molecule has 1 atom stereocenters. The molecule has 1 aromatic rings. The number of rotatable bonds is 8. The van der Waals surface area contributed by atoms with Crippen molar-refractivity contribution in [2.45, 2.75) is 24.5 Å². The Labute approximate surface area is 122 Å². The molecule has 0 bridgehead atoms. The summed E-state index contributed by atoms with van der Waals surface area (Å²) in [5.41, 5.74) is 0. The highest BCUT2D eigenvalue weighted by atomic mass is 32.2. The van der Waals surface area contributed by atoms with Gasteiger partial charge in [-0.25, -0.2) is 0 Å². The maximum absolute atomic E-state index is 10.6. The lowest BCUT2D eigenvalue weighted by Gasteiger charge is -2.25. The lowest BCUT2D eigenvalue weighted by molar-refractivity contribution is -0.133. The topological polar surface area (TPSA) is 71.2 Å². The second-order valence-electron chi connectivity index (χ2n) is 4.27. The van der Waals surface area contributed by atoms with E-state index in [0.29, 0.717) is 11.2 Å². The van der Waals surface area contributed by atoms with Gasteiger partial charge in [0.15, 0.2) is 5.16 Å². The third-order valence-corrected chi connectivity index (χ3v) is 4.50. The quantitative estimate of drug-likeness (QED) is 0.731. The summed E-state index contributed by atoms with van der Waals surface area (Å²) in [6.45, 7) is 2.15. The minimum atomic E-state index is -0.851. The van der Waals surface area contributed by atoms with Gasteiger partial charge in [-0.05, 0) is 25.4 Å². The van der Waals surface area contributed by atoms with Crippen molar-refractivity contribution >= 4 is 35.4 Å². The average molecular weight is 304 g/mol. The molecule has 0 spiro atoms. The first-order valence-corrected chi connectivity index (χ1v) is 8.31. The molecule has 108 valence electrons. The first kappa shape index (κ1) is 16.2. The molecule has 0 aromatic carbocycles. The highest BCUT2D eigenvalue weighted by molar-refractivity contribution is 7.99. The number of nitrogens with zero attached hydrogens (tertiary/aromatic N) is 4. The molecule has 19 heavy (non-hydrogen) atoms.